The molecule has 0 radical (unpaired) electrons. The van der Waals surface area contributed by atoms with Crippen molar-refractivity contribution in [3.8, 4) is 0 Å². The number of pyridine rings is 1. The predicted molar refractivity (Wildman–Crippen MR) is 79.9 cm³/mol. The fourth-order valence-electron chi connectivity index (χ4n) is 2.47. The number of ether oxygens (including phenoxy) is 2. The average Bonchev–Trinajstić information content (AvgIpc) is 2.82. The van der Waals surface area contributed by atoms with E-state index in [1.165, 1.54) is 6.26 Å². The van der Waals surface area contributed by atoms with Crippen LogP contribution in [0.3, 0.4) is 0 Å². The molecule has 0 aromatic carbocycles. The predicted octanol–water partition coefficient (Wildman–Crippen LogP) is 1.69. The highest BCUT2D eigenvalue weighted by molar-refractivity contribution is 7.90. The lowest BCUT2D eigenvalue weighted by atomic mass is 10.0. The van der Waals surface area contributed by atoms with Crippen LogP contribution in [0.15, 0.2) is 23.2 Å². The third-order valence-electron chi connectivity index (χ3n) is 3.41. The van der Waals surface area contributed by atoms with Crippen molar-refractivity contribution in [2.75, 3.05) is 31.3 Å². The summed E-state index contributed by atoms with van der Waals surface area (Å²) in [6.45, 7) is 5.83. The van der Waals surface area contributed by atoms with Crippen LogP contribution in [0.5, 0.6) is 0 Å². The summed E-state index contributed by atoms with van der Waals surface area (Å²) in [6, 6.07) is 3.17. The molecule has 2 rings (SSSR count). The van der Waals surface area contributed by atoms with E-state index in [0.29, 0.717) is 25.6 Å². The van der Waals surface area contributed by atoms with Crippen LogP contribution in [-0.2, 0) is 19.3 Å². The Morgan fingerprint density at radius 3 is 2.71 bits per heavy atom. The number of nitrogens with one attached hydrogen (secondary N) is 1. The minimum atomic E-state index is -3.29. The lowest BCUT2D eigenvalue weighted by molar-refractivity contribution is -0.153. The van der Waals surface area contributed by atoms with Crippen LogP contribution >= 0.6 is 0 Å². The second-order valence-corrected chi connectivity index (χ2v) is 7.63. The zero-order chi connectivity index (χ0) is 15.5. The first-order valence-corrected chi connectivity index (χ1v) is 8.86. The van der Waals surface area contributed by atoms with Gasteiger partial charge in [0.15, 0.2) is 15.6 Å². The maximum Gasteiger partial charge on any atom is 0.179 e. The highest BCUT2D eigenvalue weighted by atomic mass is 32.2. The van der Waals surface area contributed by atoms with E-state index in [9.17, 15) is 8.42 Å². The maximum absolute atomic E-state index is 11.7. The molecule has 6 nitrogen and oxygen atoms in total. The highest BCUT2D eigenvalue weighted by Gasteiger charge is 2.32. The smallest absolute Gasteiger partial charge is 0.179 e. The van der Waals surface area contributed by atoms with Crippen molar-refractivity contribution in [2.45, 2.75) is 31.0 Å². The molecule has 0 spiro atoms. The van der Waals surface area contributed by atoms with Crippen LogP contribution < -0.4 is 5.32 Å². The molecule has 1 unspecified atom stereocenters. The molecule has 21 heavy (non-hydrogen) atoms. The van der Waals surface area contributed by atoms with E-state index in [4.69, 9.17) is 9.47 Å². The Morgan fingerprint density at radius 1 is 1.43 bits per heavy atom. The molecule has 0 aliphatic carbocycles. The first kappa shape index (κ1) is 16.2. The van der Waals surface area contributed by atoms with E-state index in [1.807, 2.05) is 6.92 Å². The molecule has 7 heteroatoms. The molecule has 1 aliphatic rings. The van der Waals surface area contributed by atoms with Crippen molar-refractivity contribution in [3.05, 3.63) is 18.3 Å². The number of anilines is 1. The zero-order valence-corrected chi connectivity index (χ0v) is 13.4. The van der Waals surface area contributed by atoms with E-state index in [0.717, 1.165) is 6.42 Å². The quantitative estimate of drug-likeness (QED) is 0.861. The van der Waals surface area contributed by atoms with Gasteiger partial charge in [0.25, 0.3) is 0 Å². The number of hydrogen-bond acceptors (Lipinski definition) is 6. The molecule has 118 valence electrons. The summed E-state index contributed by atoms with van der Waals surface area (Å²) in [4.78, 5) is 4.33. The van der Waals surface area contributed by atoms with Gasteiger partial charge in [0.1, 0.15) is 10.7 Å². The SMILES string of the molecule is CC(CNc1ncccc1S(C)(=O)=O)CC1(C)OCCO1. The summed E-state index contributed by atoms with van der Waals surface area (Å²) in [6.07, 6.45) is 3.49. The average molecular weight is 314 g/mol. The van der Waals surface area contributed by atoms with Crippen LogP contribution in [0.25, 0.3) is 0 Å². The Hall–Kier alpha value is -1.18. The van der Waals surface area contributed by atoms with Gasteiger partial charge >= 0.3 is 0 Å². The fourth-order valence-corrected chi connectivity index (χ4v) is 3.28. The molecule has 0 amide bonds. The third-order valence-corrected chi connectivity index (χ3v) is 4.53. The Bertz CT molecular complexity index is 582. The number of aromatic nitrogens is 1. The van der Waals surface area contributed by atoms with E-state index >= 15 is 0 Å². The van der Waals surface area contributed by atoms with E-state index in [2.05, 4.69) is 17.2 Å². The molecule has 0 bridgehead atoms. The van der Waals surface area contributed by atoms with Gasteiger partial charge in [-0.15, -0.1) is 0 Å². The van der Waals surface area contributed by atoms with Gasteiger partial charge in [-0.05, 0) is 25.0 Å². The molecule has 1 aromatic heterocycles. The molecule has 1 atom stereocenters. The van der Waals surface area contributed by atoms with Crippen molar-refractivity contribution >= 4 is 15.7 Å². The first-order valence-electron chi connectivity index (χ1n) is 6.97. The minimum Gasteiger partial charge on any atom is -0.369 e. The van der Waals surface area contributed by atoms with Crippen molar-refractivity contribution in [1.29, 1.82) is 0 Å². The molecule has 1 aromatic rings. The molecular formula is C14H22N2O4S. The van der Waals surface area contributed by atoms with Crippen molar-refractivity contribution < 1.29 is 17.9 Å². The standard InChI is InChI=1S/C14H22N2O4S/c1-11(9-14(2)19-7-8-20-14)10-16-13-12(21(3,17)18)5-4-6-15-13/h4-6,11H,7-10H2,1-3H3,(H,15,16). The summed E-state index contributed by atoms with van der Waals surface area (Å²) in [5.74, 6) is 0.109. The molecular weight excluding hydrogens is 292 g/mol. The van der Waals surface area contributed by atoms with Crippen LogP contribution in [0, 0.1) is 5.92 Å². The second kappa shape index (κ2) is 6.29. The molecule has 1 fully saturated rings. The van der Waals surface area contributed by atoms with E-state index < -0.39 is 15.6 Å². The summed E-state index contributed by atoms with van der Waals surface area (Å²) in [5, 5.41) is 3.11. The van der Waals surface area contributed by atoms with Crippen LogP contribution in [0.4, 0.5) is 5.82 Å². The van der Waals surface area contributed by atoms with Gasteiger partial charge in [0.05, 0.1) is 13.2 Å². The number of sulfone groups is 1. The van der Waals surface area contributed by atoms with Gasteiger partial charge in [-0.3, -0.25) is 0 Å². The first-order chi connectivity index (χ1) is 9.80. The number of nitrogens with zero attached hydrogens (tertiary/aromatic N) is 1. The van der Waals surface area contributed by atoms with Crippen molar-refractivity contribution in [3.63, 3.8) is 0 Å². The highest BCUT2D eigenvalue weighted by Crippen LogP contribution is 2.27. The number of rotatable bonds is 6. The van der Waals surface area contributed by atoms with Gasteiger partial charge < -0.3 is 14.8 Å². The van der Waals surface area contributed by atoms with E-state index in [-0.39, 0.29) is 10.8 Å². The molecule has 1 saturated heterocycles. The summed E-state index contributed by atoms with van der Waals surface area (Å²) in [5.41, 5.74) is 0. The Balaban J connectivity index is 1.97. The topological polar surface area (TPSA) is 77.5 Å². The summed E-state index contributed by atoms with van der Waals surface area (Å²) in [7, 11) is -3.29. The van der Waals surface area contributed by atoms with Crippen molar-refractivity contribution in [1.82, 2.24) is 4.98 Å². The summed E-state index contributed by atoms with van der Waals surface area (Å²) >= 11 is 0. The number of hydrogen-bond donors (Lipinski definition) is 1. The van der Waals surface area contributed by atoms with Gasteiger partial charge in [-0.2, -0.15) is 0 Å². The minimum absolute atomic E-state index is 0.219. The summed E-state index contributed by atoms with van der Waals surface area (Å²) < 4.78 is 34.6. The van der Waals surface area contributed by atoms with Gasteiger partial charge in [0, 0.05) is 25.4 Å². The van der Waals surface area contributed by atoms with Crippen LogP contribution in [0.2, 0.25) is 0 Å². The largest absolute Gasteiger partial charge is 0.369 e. The molecule has 0 saturated carbocycles. The van der Waals surface area contributed by atoms with Crippen molar-refractivity contribution in [2.24, 2.45) is 5.92 Å². The van der Waals surface area contributed by atoms with E-state index in [1.54, 1.807) is 18.3 Å². The molecule has 1 N–H and O–H groups in total. The normalized spacial score (nSPS) is 19.4. The van der Waals surface area contributed by atoms with Crippen LogP contribution in [0.1, 0.15) is 20.3 Å². The maximum atomic E-state index is 11.7. The lowest BCUT2D eigenvalue weighted by Gasteiger charge is -2.26. The lowest BCUT2D eigenvalue weighted by Crippen LogP contribution is -2.30. The monoisotopic (exact) mass is 314 g/mol. The zero-order valence-electron chi connectivity index (χ0n) is 12.6. The Morgan fingerprint density at radius 2 is 2.10 bits per heavy atom. The molecule has 1 aliphatic heterocycles. The third kappa shape index (κ3) is 4.39. The van der Waals surface area contributed by atoms with Gasteiger partial charge in [-0.25, -0.2) is 13.4 Å². The van der Waals surface area contributed by atoms with Gasteiger partial charge in [0.2, 0.25) is 0 Å². The van der Waals surface area contributed by atoms with Gasteiger partial charge in [-0.1, -0.05) is 6.92 Å². The second-order valence-electron chi connectivity index (χ2n) is 5.64. The van der Waals surface area contributed by atoms with Crippen LogP contribution in [-0.4, -0.2) is 45.2 Å². The fraction of sp³-hybridized carbons (Fsp3) is 0.643. The Kier molecular flexibility index (Phi) is 4.85. The molecule has 2 heterocycles. The Labute approximate surface area is 125 Å².